The van der Waals surface area contributed by atoms with E-state index in [0.717, 1.165) is 5.82 Å². The average molecular weight is 306 g/mol. The maximum atomic E-state index is 11.9. The molecule has 2 rings (SSSR count). The molecule has 21 heavy (non-hydrogen) atoms. The zero-order valence-electron chi connectivity index (χ0n) is 11.8. The summed E-state index contributed by atoms with van der Waals surface area (Å²) in [4.78, 5) is 33.0. The number of aromatic nitrogens is 2. The minimum atomic E-state index is -0.0820. The first-order valence-corrected chi connectivity index (χ1v) is 7.58. The first-order valence-electron chi connectivity index (χ1n) is 6.70. The van der Waals surface area contributed by atoms with Crippen LogP contribution in [0.3, 0.4) is 0 Å². The zero-order valence-corrected chi connectivity index (χ0v) is 12.7. The van der Waals surface area contributed by atoms with E-state index in [-0.39, 0.29) is 11.8 Å². The van der Waals surface area contributed by atoms with E-state index in [4.69, 9.17) is 0 Å². The third-order valence-electron chi connectivity index (χ3n) is 2.97. The monoisotopic (exact) mass is 306 g/mol. The van der Waals surface area contributed by atoms with Crippen molar-refractivity contribution in [3.8, 4) is 0 Å². The van der Waals surface area contributed by atoms with Gasteiger partial charge < -0.3 is 15.2 Å². The Morgan fingerprint density at radius 3 is 3.00 bits per heavy atom. The largest absolute Gasteiger partial charge is 0.351 e. The molecule has 0 saturated heterocycles. The van der Waals surface area contributed by atoms with Crippen LogP contribution in [0.25, 0.3) is 0 Å². The summed E-state index contributed by atoms with van der Waals surface area (Å²) in [7, 11) is 1.75. The Bertz CT molecular complexity index is 566. The van der Waals surface area contributed by atoms with Crippen molar-refractivity contribution in [3.63, 3.8) is 0 Å². The quantitative estimate of drug-likeness (QED) is 0.763. The van der Waals surface area contributed by atoms with Crippen LogP contribution in [0.15, 0.2) is 29.9 Å². The number of hydrogen-bond donors (Lipinski definition) is 2. The standard InChI is InChI=1S/C14H18N4O2S/c1-18(10-12-15-7-8-16-12)13(19)5-2-6-17-14(20)11-4-3-9-21-11/h3-4,7-9H,2,5-6,10H2,1H3,(H,15,16)(H,17,20). The van der Waals surface area contributed by atoms with E-state index in [1.54, 1.807) is 30.4 Å². The van der Waals surface area contributed by atoms with Crippen LogP contribution in [0.2, 0.25) is 0 Å². The van der Waals surface area contributed by atoms with Crippen molar-refractivity contribution in [3.05, 3.63) is 40.6 Å². The Kier molecular flexibility index (Phi) is 5.51. The van der Waals surface area contributed by atoms with Gasteiger partial charge >= 0.3 is 0 Å². The highest BCUT2D eigenvalue weighted by Crippen LogP contribution is 2.07. The fourth-order valence-corrected chi connectivity index (χ4v) is 2.46. The number of nitrogens with one attached hydrogen (secondary N) is 2. The number of thiophene rings is 1. The van der Waals surface area contributed by atoms with E-state index in [0.29, 0.717) is 30.8 Å². The number of hydrogen-bond acceptors (Lipinski definition) is 4. The number of imidazole rings is 1. The number of rotatable bonds is 7. The first-order chi connectivity index (χ1) is 10.2. The summed E-state index contributed by atoms with van der Waals surface area (Å²) in [5, 5.41) is 4.67. The maximum absolute atomic E-state index is 11.9. The van der Waals surface area contributed by atoms with Gasteiger partial charge in [0.25, 0.3) is 5.91 Å². The molecule has 0 unspecified atom stereocenters. The minimum absolute atomic E-state index is 0.0387. The van der Waals surface area contributed by atoms with Crippen molar-refractivity contribution in [2.24, 2.45) is 0 Å². The summed E-state index contributed by atoms with van der Waals surface area (Å²) in [5.74, 6) is 0.718. The van der Waals surface area contributed by atoms with Gasteiger partial charge in [-0.3, -0.25) is 9.59 Å². The molecule has 2 heterocycles. The van der Waals surface area contributed by atoms with Gasteiger partial charge in [-0.05, 0) is 17.9 Å². The average Bonchev–Trinajstić information content (AvgIpc) is 3.15. The molecule has 0 saturated carbocycles. The third kappa shape index (κ3) is 4.71. The summed E-state index contributed by atoms with van der Waals surface area (Å²) in [5.41, 5.74) is 0. The van der Waals surface area contributed by atoms with Gasteiger partial charge in [0.2, 0.25) is 5.91 Å². The van der Waals surface area contributed by atoms with Crippen LogP contribution in [0.1, 0.15) is 28.3 Å². The number of nitrogens with zero attached hydrogens (tertiary/aromatic N) is 2. The molecular weight excluding hydrogens is 288 g/mol. The molecule has 0 spiro atoms. The fraction of sp³-hybridized carbons (Fsp3) is 0.357. The van der Waals surface area contributed by atoms with Crippen LogP contribution in [0, 0.1) is 0 Å². The second-order valence-electron chi connectivity index (χ2n) is 4.62. The van der Waals surface area contributed by atoms with E-state index >= 15 is 0 Å². The van der Waals surface area contributed by atoms with Crippen molar-refractivity contribution < 1.29 is 9.59 Å². The van der Waals surface area contributed by atoms with Gasteiger partial charge in [-0.2, -0.15) is 0 Å². The number of aromatic amines is 1. The zero-order chi connectivity index (χ0) is 15.1. The SMILES string of the molecule is CN(Cc1ncc[nH]1)C(=O)CCCNC(=O)c1cccs1. The number of carbonyl (C=O) groups excluding carboxylic acids is 2. The Morgan fingerprint density at radius 1 is 1.48 bits per heavy atom. The van der Waals surface area contributed by atoms with Crippen LogP contribution >= 0.6 is 11.3 Å². The normalized spacial score (nSPS) is 10.3. The Morgan fingerprint density at radius 2 is 2.33 bits per heavy atom. The maximum Gasteiger partial charge on any atom is 0.261 e. The molecule has 112 valence electrons. The lowest BCUT2D eigenvalue weighted by Crippen LogP contribution is -2.28. The molecule has 0 aliphatic carbocycles. The lowest BCUT2D eigenvalue weighted by atomic mass is 10.2. The van der Waals surface area contributed by atoms with Gasteiger partial charge in [-0.15, -0.1) is 11.3 Å². The van der Waals surface area contributed by atoms with Gasteiger partial charge in [0.05, 0.1) is 11.4 Å². The molecule has 0 aliphatic heterocycles. The minimum Gasteiger partial charge on any atom is -0.351 e. The van der Waals surface area contributed by atoms with Crippen molar-refractivity contribution in [2.75, 3.05) is 13.6 Å². The lowest BCUT2D eigenvalue weighted by molar-refractivity contribution is -0.130. The lowest BCUT2D eigenvalue weighted by Gasteiger charge is -2.15. The molecular formula is C14H18N4O2S. The van der Waals surface area contributed by atoms with Crippen LogP contribution in [-0.2, 0) is 11.3 Å². The molecule has 2 aromatic heterocycles. The highest BCUT2D eigenvalue weighted by molar-refractivity contribution is 7.12. The number of amides is 2. The molecule has 6 nitrogen and oxygen atoms in total. The number of carbonyl (C=O) groups is 2. The summed E-state index contributed by atoms with van der Waals surface area (Å²) in [6.45, 7) is 0.963. The van der Waals surface area contributed by atoms with E-state index < -0.39 is 0 Å². The number of H-pyrrole nitrogens is 1. The topological polar surface area (TPSA) is 78.1 Å². The van der Waals surface area contributed by atoms with Gasteiger partial charge in [0.15, 0.2) is 0 Å². The van der Waals surface area contributed by atoms with Crippen molar-refractivity contribution in [2.45, 2.75) is 19.4 Å². The first kappa shape index (κ1) is 15.2. The second-order valence-corrected chi connectivity index (χ2v) is 5.57. The predicted octanol–water partition coefficient (Wildman–Crippen LogP) is 1.64. The van der Waals surface area contributed by atoms with Crippen molar-refractivity contribution in [1.29, 1.82) is 0 Å². The third-order valence-corrected chi connectivity index (χ3v) is 3.83. The van der Waals surface area contributed by atoms with Crippen molar-refractivity contribution >= 4 is 23.2 Å². The molecule has 0 aliphatic rings. The highest BCUT2D eigenvalue weighted by Gasteiger charge is 2.11. The second kappa shape index (κ2) is 7.58. The molecule has 0 radical (unpaired) electrons. The Hall–Kier alpha value is -2.15. The predicted molar refractivity (Wildman–Crippen MR) is 80.9 cm³/mol. The smallest absolute Gasteiger partial charge is 0.261 e. The molecule has 0 aromatic carbocycles. The summed E-state index contributed by atoms with van der Waals surface area (Å²) >= 11 is 1.40. The molecule has 0 atom stereocenters. The van der Waals surface area contributed by atoms with E-state index in [1.807, 2.05) is 11.4 Å². The van der Waals surface area contributed by atoms with Gasteiger partial charge in [0, 0.05) is 32.4 Å². The van der Waals surface area contributed by atoms with E-state index in [2.05, 4.69) is 15.3 Å². The van der Waals surface area contributed by atoms with Crippen LogP contribution in [-0.4, -0.2) is 40.3 Å². The molecule has 7 heteroatoms. The Labute approximate surface area is 127 Å². The summed E-state index contributed by atoms with van der Waals surface area (Å²) in [6.07, 6.45) is 4.42. The van der Waals surface area contributed by atoms with Crippen LogP contribution in [0.4, 0.5) is 0 Å². The van der Waals surface area contributed by atoms with E-state index in [9.17, 15) is 9.59 Å². The Balaban J connectivity index is 1.64. The van der Waals surface area contributed by atoms with Gasteiger partial charge in [0.1, 0.15) is 5.82 Å². The molecule has 2 aromatic rings. The summed E-state index contributed by atoms with van der Waals surface area (Å²) in [6, 6.07) is 3.62. The molecule has 2 amide bonds. The highest BCUT2D eigenvalue weighted by atomic mass is 32.1. The van der Waals surface area contributed by atoms with E-state index in [1.165, 1.54) is 11.3 Å². The molecule has 0 fully saturated rings. The van der Waals surface area contributed by atoms with Gasteiger partial charge in [-0.25, -0.2) is 4.98 Å². The molecule has 2 N–H and O–H groups in total. The summed E-state index contributed by atoms with van der Waals surface area (Å²) < 4.78 is 0. The molecule has 0 bridgehead atoms. The van der Waals surface area contributed by atoms with Gasteiger partial charge in [-0.1, -0.05) is 6.07 Å². The van der Waals surface area contributed by atoms with Crippen LogP contribution in [0.5, 0.6) is 0 Å². The van der Waals surface area contributed by atoms with Crippen LogP contribution < -0.4 is 5.32 Å². The van der Waals surface area contributed by atoms with Crippen molar-refractivity contribution in [1.82, 2.24) is 20.2 Å². The fourth-order valence-electron chi connectivity index (χ4n) is 1.82.